The van der Waals surface area contributed by atoms with Crippen LogP contribution in [0.5, 0.6) is 0 Å². The van der Waals surface area contributed by atoms with E-state index in [1.165, 1.54) is 12.1 Å². The smallest absolute Gasteiger partial charge is 0.244 e. The van der Waals surface area contributed by atoms with Gasteiger partial charge in [-0.25, -0.2) is 4.39 Å². The molecule has 7 heteroatoms. The van der Waals surface area contributed by atoms with Gasteiger partial charge in [-0.15, -0.1) is 0 Å². The number of carbonyl (C=O) groups excluding carboxylic acids is 1. The molecule has 1 amide bonds. The van der Waals surface area contributed by atoms with Crippen molar-refractivity contribution in [2.75, 3.05) is 31.1 Å². The maximum atomic E-state index is 13.0. The molecule has 2 aromatic rings. The summed E-state index contributed by atoms with van der Waals surface area (Å²) in [6.45, 7) is 7.10. The SMILES string of the molecule is CCc1c(Br)c(C)nn1CC(=O)N1CCN(c2ccc(F)cc2)CC1. The lowest BCUT2D eigenvalue weighted by Crippen LogP contribution is -2.49. The number of benzene rings is 1. The van der Waals surface area contributed by atoms with Gasteiger partial charge in [0.1, 0.15) is 12.4 Å². The summed E-state index contributed by atoms with van der Waals surface area (Å²) in [4.78, 5) is 16.7. The summed E-state index contributed by atoms with van der Waals surface area (Å²) in [7, 11) is 0. The Balaban J connectivity index is 1.60. The zero-order valence-electron chi connectivity index (χ0n) is 14.5. The first-order valence-corrected chi connectivity index (χ1v) is 9.29. The number of rotatable bonds is 4. The first kappa shape index (κ1) is 17.9. The second-order valence-corrected chi connectivity index (χ2v) is 6.99. The molecule has 134 valence electrons. The van der Waals surface area contributed by atoms with Gasteiger partial charge in [0.15, 0.2) is 0 Å². The predicted molar refractivity (Wildman–Crippen MR) is 99.2 cm³/mol. The van der Waals surface area contributed by atoms with Crippen LogP contribution in [0.3, 0.4) is 0 Å². The molecular weight excluding hydrogens is 387 g/mol. The van der Waals surface area contributed by atoms with Crippen molar-refractivity contribution in [1.82, 2.24) is 14.7 Å². The van der Waals surface area contributed by atoms with Crippen LogP contribution in [-0.4, -0.2) is 46.8 Å². The van der Waals surface area contributed by atoms with Gasteiger partial charge in [-0.3, -0.25) is 9.48 Å². The third-order valence-electron chi connectivity index (χ3n) is 4.60. The van der Waals surface area contributed by atoms with Gasteiger partial charge in [-0.1, -0.05) is 6.92 Å². The zero-order valence-corrected chi connectivity index (χ0v) is 16.1. The van der Waals surface area contributed by atoms with Crippen LogP contribution in [0.25, 0.3) is 0 Å². The number of halogens is 2. The average Bonchev–Trinajstić information content (AvgIpc) is 2.89. The van der Waals surface area contributed by atoms with Gasteiger partial charge in [0.05, 0.1) is 15.9 Å². The van der Waals surface area contributed by atoms with E-state index in [0.717, 1.165) is 41.1 Å². The van der Waals surface area contributed by atoms with Gasteiger partial charge in [-0.2, -0.15) is 5.10 Å². The highest BCUT2D eigenvalue weighted by Crippen LogP contribution is 2.22. The minimum absolute atomic E-state index is 0.0865. The Kier molecular flexibility index (Phi) is 5.42. The number of piperazine rings is 1. The van der Waals surface area contributed by atoms with Crippen LogP contribution in [0.2, 0.25) is 0 Å². The number of hydrogen-bond donors (Lipinski definition) is 0. The molecule has 0 unspecified atom stereocenters. The average molecular weight is 409 g/mol. The van der Waals surface area contributed by atoms with Gasteiger partial charge in [0.2, 0.25) is 5.91 Å². The normalized spacial score (nSPS) is 14.9. The Bertz CT molecular complexity index is 751. The van der Waals surface area contributed by atoms with Crippen LogP contribution in [-0.2, 0) is 17.8 Å². The van der Waals surface area contributed by atoms with Crippen LogP contribution < -0.4 is 4.90 Å². The van der Waals surface area contributed by atoms with Gasteiger partial charge in [0, 0.05) is 31.9 Å². The molecule has 0 saturated carbocycles. The van der Waals surface area contributed by atoms with E-state index in [-0.39, 0.29) is 18.3 Å². The lowest BCUT2D eigenvalue weighted by atomic mass is 10.2. The first-order chi connectivity index (χ1) is 12.0. The number of aryl methyl sites for hydroxylation is 1. The molecule has 1 saturated heterocycles. The fourth-order valence-electron chi connectivity index (χ4n) is 3.17. The summed E-state index contributed by atoms with van der Waals surface area (Å²) in [5.41, 5.74) is 2.95. The Morgan fingerprint density at radius 1 is 1.20 bits per heavy atom. The third-order valence-corrected chi connectivity index (χ3v) is 5.63. The maximum absolute atomic E-state index is 13.0. The number of carbonyl (C=O) groups is 1. The van der Waals surface area contributed by atoms with Crippen molar-refractivity contribution < 1.29 is 9.18 Å². The van der Waals surface area contributed by atoms with Gasteiger partial charge in [0.25, 0.3) is 0 Å². The van der Waals surface area contributed by atoms with E-state index in [4.69, 9.17) is 0 Å². The molecule has 5 nitrogen and oxygen atoms in total. The highest BCUT2D eigenvalue weighted by Gasteiger charge is 2.23. The van der Waals surface area contributed by atoms with Gasteiger partial charge >= 0.3 is 0 Å². The van der Waals surface area contributed by atoms with E-state index in [1.807, 2.05) is 11.8 Å². The van der Waals surface area contributed by atoms with E-state index in [9.17, 15) is 9.18 Å². The second kappa shape index (κ2) is 7.56. The summed E-state index contributed by atoms with van der Waals surface area (Å²) < 4.78 is 15.8. The lowest BCUT2D eigenvalue weighted by Gasteiger charge is -2.36. The molecule has 0 radical (unpaired) electrons. The summed E-state index contributed by atoms with van der Waals surface area (Å²) in [5, 5.41) is 4.46. The van der Waals surface area contributed by atoms with Crippen molar-refractivity contribution in [3.8, 4) is 0 Å². The largest absolute Gasteiger partial charge is 0.368 e. The fourth-order valence-corrected chi connectivity index (χ4v) is 3.73. The highest BCUT2D eigenvalue weighted by molar-refractivity contribution is 9.10. The molecule has 0 N–H and O–H groups in total. The standard InChI is InChI=1S/C18H22BrFN4O/c1-3-16-18(19)13(2)21-24(16)12-17(25)23-10-8-22(9-11-23)15-6-4-14(20)5-7-15/h4-7H,3,8-12H2,1-2H3. The van der Waals surface area contributed by atoms with Crippen molar-refractivity contribution >= 4 is 27.5 Å². The minimum Gasteiger partial charge on any atom is -0.368 e. The summed E-state index contributed by atoms with van der Waals surface area (Å²) in [6.07, 6.45) is 0.826. The number of aromatic nitrogens is 2. The van der Waals surface area contributed by atoms with E-state index in [2.05, 4.69) is 32.9 Å². The number of amides is 1. The van der Waals surface area contributed by atoms with Crippen molar-refractivity contribution in [1.29, 1.82) is 0 Å². The molecule has 0 atom stereocenters. The van der Waals surface area contributed by atoms with Gasteiger partial charge < -0.3 is 9.80 Å². The number of anilines is 1. The molecule has 1 aromatic carbocycles. The first-order valence-electron chi connectivity index (χ1n) is 8.49. The van der Waals surface area contributed by atoms with E-state index in [1.54, 1.807) is 16.8 Å². The summed E-state index contributed by atoms with van der Waals surface area (Å²) in [5.74, 6) is -0.145. The van der Waals surface area contributed by atoms with Crippen molar-refractivity contribution in [3.63, 3.8) is 0 Å². The summed E-state index contributed by atoms with van der Waals surface area (Å²) in [6, 6.07) is 6.50. The van der Waals surface area contributed by atoms with Crippen LogP contribution >= 0.6 is 15.9 Å². The maximum Gasteiger partial charge on any atom is 0.244 e. The Morgan fingerprint density at radius 2 is 1.84 bits per heavy atom. The molecule has 0 spiro atoms. The molecule has 1 aliphatic rings. The Hall–Kier alpha value is -1.89. The molecule has 1 aliphatic heterocycles. The highest BCUT2D eigenvalue weighted by atomic mass is 79.9. The molecule has 0 aliphatic carbocycles. The van der Waals surface area contributed by atoms with Crippen LogP contribution in [0, 0.1) is 12.7 Å². The minimum atomic E-state index is -0.232. The predicted octanol–water partition coefficient (Wildman–Crippen LogP) is 3.00. The zero-order chi connectivity index (χ0) is 18.0. The molecule has 3 rings (SSSR count). The van der Waals surface area contributed by atoms with Gasteiger partial charge in [-0.05, 0) is 53.5 Å². The van der Waals surface area contributed by atoms with Crippen molar-refractivity contribution in [2.45, 2.75) is 26.8 Å². The number of hydrogen-bond acceptors (Lipinski definition) is 3. The molecule has 1 aromatic heterocycles. The molecular formula is C18H22BrFN4O. The van der Waals surface area contributed by atoms with Crippen LogP contribution in [0.4, 0.5) is 10.1 Å². The van der Waals surface area contributed by atoms with Crippen LogP contribution in [0.1, 0.15) is 18.3 Å². The van der Waals surface area contributed by atoms with Crippen molar-refractivity contribution in [2.24, 2.45) is 0 Å². The lowest BCUT2D eigenvalue weighted by molar-refractivity contribution is -0.132. The Morgan fingerprint density at radius 3 is 2.44 bits per heavy atom. The Labute approximate surface area is 155 Å². The molecule has 1 fully saturated rings. The van der Waals surface area contributed by atoms with E-state index < -0.39 is 0 Å². The third kappa shape index (κ3) is 3.86. The fraction of sp³-hybridized carbons (Fsp3) is 0.444. The molecule has 0 bridgehead atoms. The number of nitrogens with zero attached hydrogens (tertiary/aromatic N) is 4. The summed E-state index contributed by atoms with van der Waals surface area (Å²) >= 11 is 3.54. The van der Waals surface area contributed by atoms with E-state index >= 15 is 0 Å². The van der Waals surface area contributed by atoms with Crippen LogP contribution in [0.15, 0.2) is 28.7 Å². The van der Waals surface area contributed by atoms with Crippen molar-refractivity contribution in [3.05, 3.63) is 45.9 Å². The second-order valence-electron chi connectivity index (χ2n) is 6.20. The quantitative estimate of drug-likeness (QED) is 0.780. The topological polar surface area (TPSA) is 41.4 Å². The molecule has 2 heterocycles. The van der Waals surface area contributed by atoms with E-state index in [0.29, 0.717) is 13.1 Å². The monoisotopic (exact) mass is 408 g/mol. The molecule has 25 heavy (non-hydrogen) atoms.